The molecule has 0 aromatic carbocycles. The topological polar surface area (TPSA) is 48.7 Å². The number of rotatable bonds is 3. The van der Waals surface area contributed by atoms with E-state index in [4.69, 9.17) is 16.9 Å². The largest absolute Gasteiger partial charge is 0.368 e. The van der Waals surface area contributed by atoms with Crippen LogP contribution in [0.5, 0.6) is 0 Å². The Labute approximate surface area is 114 Å². The van der Waals surface area contributed by atoms with Gasteiger partial charge in [-0.1, -0.05) is 11.6 Å². The van der Waals surface area contributed by atoms with Crippen LogP contribution in [-0.4, -0.2) is 34.0 Å². The van der Waals surface area contributed by atoms with Gasteiger partial charge in [0.15, 0.2) is 0 Å². The number of hydrogen-bond donors (Lipinski definition) is 1. The SMILES string of the molecule is N#Cc1ccnc(NCC2CSCCS2)c1Cl. The molecular formula is C11H12ClN3S2. The second-order valence-electron chi connectivity index (χ2n) is 3.58. The maximum Gasteiger partial charge on any atom is 0.146 e. The maximum absolute atomic E-state index is 8.86. The molecule has 3 nitrogen and oxygen atoms in total. The van der Waals surface area contributed by atoms with Crippen molar-refractivity contribution in [2.75, 3.05) is 29.1 Å². The number of nitriles is 1. The summed E-state index contributed by atoms with van der Waals surface area (Å²) in [5, 5.41) is 13.1. The van der Waals surface area contributed by atoms with Crippen LogP contribution in [0.4, 0.5) is 5.82 Å². The first-order valence-corrected chi connectivity index (χ1v) is 7.87. The summed E-state index contributed by atoms with van der Waals surface area (Å²) in [6.45, 7) is 0.846. The van der Waals surface area contributed by atoms with E-state index in [9.17, 15) is 0 Å². The fourth-order valence-corrected chi connectivity index (χ4v) is 4.35. The van der Waals surface area contributed by atoms with Crippen LogP contribution in [0.15, 0.2) is 12.3 Å². The molecule has 1 atom stereocenters. The molecule has 1 aromatic rings. The van der Waals surface area contributed by atoms with Crippen molar-refractivity contribution in [1.29, 1.82) is 5.26 Å². The van der Waals surface area contributed by atoms with Crippen molar-refractivity contribution in [3.8, 4) is 6.07 Å². The summed E-state index contributed by atoms with van der Waals surface area (Å²) < 4.78 is 0. The number of thioether (sulfide) groups is 2. The van der Waals surface area contributed by atoms with Gasteiger partial charge in [0.25, 0.3) is 0 Å². The molecule has 1 unspecified atom stereocenters. The van der Waals surface area contributed by atoms with Gasteiger partial charge in [-0.2, -0.15) is 28.8 Å². The molecule has 0 spiro atoms. The average Bonchev–Trinajstić information content (AvgIpc) is 2.39. The third-order valence-corrected chi connectivity index (χ3v) is 5.62. The molecule has 0 aliphatic carbocycles. The molecule has 1 aliphatic heterocycles. The molecule has 0 amide bonds. The van der Waals surface area contributed by atoms with Crippen LogP contribution >= 0.6 is 35.1 Å². The first-order chi connectivity index (χ1) is 8.31. The molecule has 90 valence electrons. The van der Waals surface area contributed by atoms with Crippen LogP contribution in [-0.2, 0) is 0 Å². The summed E-state index contributed by atoms with van der Waals surface area (Å²) >= 11 is 10.0. The minimum atomic E-state index is 0.420. The normalized spacial score (nSPS) is 19.6. The van der Waals surface area contributed by atoms with Crippen molar-refractivity contribution >= 4 is 40.9 Å². The molecule has 1 aliphatic rings. The molecule has 2 rings (SSSR count). The van der Waals surface area contributed by atoms with Crippen LogP contribution in [0.2, 0.25) is 5.02 Å². The number of anilines is 1. The Morgan fingerprint density at radius 1 is 1.59 bits per heavy atom. The first-order valence-electron chi connectivity index (χ1n) is 5.29. The highest BCUT2D eigenvalue weighted by atomic mass is 35.5. The Hall–Kier alpha value is -0.570. The maximum atomic E-state index is 8.86. The van der Waals surface area contributed by atoms with Crippen LogP contribution < -0.4 is 5.32 Å². The van der Waals surface area contributed by atoms with Crippen LogP contribution in [0.25, 0.3) is 0 Å². The summed E-state index contributed by atoms with van der Waals surface area (Å²) in [7, 11) is 0. The third-order valence-electron chi connectivity index (χ3n) is 2.39. The van der Waals surface area contributed by atoms with E-state index in [2.05, 4.69) is 16.4 Å². The molecule has 1 fully saturated rings. The Morgan fingerprint density at radius 3 is 3.18 bits per heavy atom. The highest BCUT2D eigenvalue weighted by molar-refractivity contribution is 8.06. The van der Waals surface area contributed by atoms with Crippen molar-refractivity contribution in [3.05, 3.63) is 22.8 Å². The van der Waals surface area contributed by atoms with Crippen LogP contribution in [0.1, 0.15) is 5.56 Å². The molecule has 1 aromatic heterocycles. The van der Waals surface area contributed by atoms with E-state index in [1.54, 1.807) is 12.3 Å². The number of nitrogens with one attached hydrogen (secondary N) is 1. The molecule has 6 heteroatoms. The summed E-state index contributed by atoms with van der Waals surface area (Å²) in [4.78, 5) is 4.16. The molecular weight excluding hydrogens is 274 g/mol. The fourth-order valence-electron chi connectivity index (χ4n) is 1.52. The predicted octanol–water partition coefficient (Wildman–Crippen LogP) is 2.87. The Balaban J connectivity index is 1.96. The van der Waals surface area contributed by atoms with Gasteiger partial charge in [-0.25, -0.2) is 4.98 Å². The lowest BCUT2D eigenvalue weighted by Gasteiger charge is -2.21. The molecule has 0 saturated carbocycles. The van der Waals surface area contributed by atoms with E-state index in [0.717, 1.165) is 12.3 Å². The van der Waals surface area contributed by atoms with Gasteiger partial charge in [0, 0.05) is 35.3 Å². The summed E-state index contributed by atoms with van der Waals surface area (Å²) in [6.07, 6.45) is 1.61. The molecule has 1 N–H and O–H groups in total. The average molecular weight is 286 g/mol. The molecule has 2 heterocycles. The summed E-state index contributed by atoms with van der Waals surface area (Å²) in [6, 6.07) is 3.68. The Kier molecular flexibility index (Phi) is 4.84. The van der Waals surface area contributed by atoms with Crippen molar-refractivity contribution in [2.45, 2.75) is 5.25 Å². The van der Waals surface area contributed by atoms with E-state index in [1.165, 1.54) is 11.5 Å². The molecule has 17 heavy (non-hydrogen) atoms. The Morgan fingerprint density at radius 2 is 2.47 bits per heavy atom. The zero-order valence-electron chi connectivity index (χ0n) is 9.15. The number of aromatic nitrogens is 1. The second kappa shape index (κ2) is 6.39. The number of halogens is 1. The van der Waals surface area contributed by atoms with Crippen LogP contribution in [0.3, 0.4) is 0 Å². The smallest absolute Gasteiger partial charge is 0.146 e. The van der Waals surface area contributed by atoms with Gasteiger partial charge in [0.1, 0.15) is 16.9 Å². The van der Waals surface area contributed by atoms with Gasteiger partial charge in [-0.15, -0.1) is 0 Å². The second-order valence-corrected chi connectivity index (χ2v) is 6.52. The molecule has 0 radical (unpaired) electrons. The lowest BCUT2D eigenvalue weighted by Crippen LogP contribution is -2.23. The highest BCUT2D eigenvalue weighted by Crippen LogP contribution is 2.26. The number of hydrogen-bond acceptors (Lipinski definition) is 5. The van der Waals surface area contributed by atoms with Gasteiger partial charge >= 0.3 is 0 Å². The molecule has 1 saturated heterocycles. The van der Waals surface area contributed by atoms with Gasteiger partial charge in [-0.05, 0) is 6.07 Å². The lowest BCUT2D eigenvalue weighted by molar-refractivity contribution is 0.993. The minimum absolute atomic E-state index is 0.420. The molecule has 0 bridgehead atoms. The quantitative estimate of drug-likeness (QED) is 0.925. The van der Waals surface area contributed by atoms with Crippen molar-refractivity contribution in [1.82, 2.24) is 4.98 Å². The predicted molar refractivity (Wildman–Crippen MR) is 76.0 cm³/mol. The van der Waals surface area contributed by atoms with Gasteiger partial charge < -0.3 is 5.32 Å². The lowest BCUT2D eigenvalue weighted by atomic mass is 10.3. The number of nitrogens with zero attached hydrogens (tertiary/aromatic N) is 2. The monoisotopic (exact) mass is 285 g/mol. The van der Waals surface area contributed by atoms with Crippen molar-refractivity contribution in [2.24, 2.45) is 0 Å². The van der Waals surface area contributed by atoms with E-state index in [-0.39, 0.29) is 0 Å². The summed E-state index contributed by atoms with van der Waals surface area (Å²) in [5.41, 5.74) is 0.467. The number of pyridine rings is 1. The van der Waals surface area contributed by atoms with Crippen LogP contribution in [0, 0.1) is 11.3 Å². The third kappa shape index (κ3) is 3.44. The van der Waals surface area contributed by atoms with Gasteiger partial charge in [0.05, 0.1) is 5.56 Å². The zero-order chi connectivity index (χ0) is 12.1. The standard InChI is InChI=1S/C11H12ClN3S2/c12-10-8(5-13)1-2-14-11(10)15-6-9-7-16-3-4-17-9/h1-2,9H,3-4,6-7H2,(H,14,15). The van der Waals surface area contributed by atoms with Gasteiger partial charge in [0.2, 0.25) is 0 Å². The van der Waals surface area contributed by atoms with E-state index >= 15 is 0 Å². The van der Waals surface area contributed by atoms with E-state index in [0.29, 0.717) is 21.7 Å². The van der Waals surface area contributed by atoms with Crippen molar-refractivity contribution < 1.29 is 0 Å². The Bertz CT molecular complexity index is 427. The zero-order valence-corrected chi connectivity index (χ0v) is 11.5. The van der Waals surface area contributed by atoms with Gasteiger partial charge in [-0.3, -0.25) is 0 Å². The highest BCUT2D eigenvalue weighted by Gasteiger charge is 2.15. The van der Waals surface area contributed by atoms with E-state index < -0.39 is 0 Å². The first kappa shape index (κ1) is 12.9. The summed E-state index contributed by atoms with van der Waals surface area (Å²) in [5.74, 6) is 4.22. The fraction of sp³-hybridized carbons (Fsp3) is 0.455. The van der Waals surface area contributed by atoms with Crippen molar-refractivity contribution in [3.63, 3.8) is 0 Å². The van der Waals surface area contributed by atoms with E-state index in [1.807, 2.05) is 23.5 Å². The minimum Gasteiger partial charge on any atom is -0.368 e.